The second kappa shape index (κ2) is 7.25. The lowest BCUT2D eigenvalue weighted by Gasteiger charge is -2.32. The summed E-state index contributed by atoms with van der Waals surface area (Å²) < 4.78 is 0. The van der Waals surface area contributed by atoms with Crippen molar-refractivity contribution in [3.8, 4) is 0 Å². The third-order valence-electron chi connectivity index (χ3n) is 4.78. The van der Waals surface area contributed by atoms with Gasteiger partial charge in [-0.15, -0.1) is 0 Å². The van der Waals surface area contributed by atoms with Crippen molar-refractivity contribution in [1.82, 2.24) is 15.5 Å². The average Bonchev–Trinajstić information content (AvgIpc) is 2.46. The van der Waals surface area contributed by atoms with Gasteiger partial charge in [-0.3, -0.25) is 9.69 Å². The molecule has 1 saturated carbocycles. The molecule has 1 aliphatic carbocycles. The van der Waals surface area contributed by atoms with Crippen LogP contribution in [0.15, 0.2) is 0 Å². The van der Waals surface area contributed by atoms with Crippen molar-refractivity contribution in [2.75, 3.05) is 32.7 Å². The fourth-order valence-corrected chi connectivity index (χ4v) is 3.16. The highest BCUT2D eigenvalue weighted by atomic mass is 16.2. The first-order chi connectivity index (χ1) is 9.16. The predicted octanol–water partition coefficient (Wildman–Crippen LogP) is 1.22. The fourth-order valence-electron chi connectivity index (χ4n) is 3.16. The maximum absolute atomic E-state index is 12.2. The monoisotopic (exact) mass is 267 g/mol. The molecule has 1 heterocycles. The van der Waals surface area contributed by atoms with Crippen LogP contribution in [0.25, 0.3) is 0 Å². The largest absolute Gasteiger partial charge is 0.354 e. The lowest BCUT2D eigenvalue weighted by Crippen LogP contribution is -2.53. The second-order valence-corrected chi connectivity index (χ2v) is 6.33. The molecule has 4 heteroatoms. The first-order valence-corrected chi connectivity index (χ1v) is 7.89. The van der Waals surface area contributed by atoms with Gasteiger partial charge >= 0.3 is 0 Å². The molecule has 1 amide bonds. The molecule has 1 atom stereocenters. The molecular weight excluding hydrogens is 238 g/mol. The number of carbonyl (C=O) groups is 1. The van der Waals surface area contributed by atoms with Gasteiger partial charge in [-0.05, 0) is 31.6 Å². The van der Waals surface area contributed by atoms with Crippen molar-refractivity contribution in [3.63, 3.8) is 0 Å². The predicted molar refractivity (Wildman–Crippen MR) is 78.0 cm³/mol. The van der Waals surface area contributed by atoms with Crippen LogP contribution in [-0.4, -0.2) is 49.6 Å². The summed E-state index contributed by atoms with van der Waals surface area (Å²) >= 11 is 0. The number of carbonyl (C=O) groups excluding carboxylic acids is 1. The second-order valence-electron chi connectivity index (χ2n) is 6.33. The Hall–Kier alpha value is -0.610. The number of hydrogen-bond acceptors (Lipinski definition) is 3. The van der Waals surface area contributed by atoms with E-state index in [1.54, 1.807) is 0 Å². The number of amides is 1. The molecule has 0 aromatic rings. The molecular formula is C15H29N3O. The van der Waals surface area contributed by atoms with Gasteiger partial charge in [-0.1, -0.05) is 19.8 Å². The molecule has 19 heavy (non-hydrogen) atoms. The molecule has 0 spiro atoms. The highest BCUT2D eigenvalue weighted by Gasteiger charge is 2.24. The van der Waals surface area contributed by atoms with E-state index >= 15 is 0 Å². The van der Waals surface area contributed by atoms with Gasteiger partial charge < -0.3 is 10.6 Å². The highest BCUT2D eigenvalue weighted by Crippen LogP contribution is 2.27. The number of rotatable bonds is 4. The van der Waals surface area contributed by atoms with E-state index in [0.29, 0.717) is 5.92 Å². The maximum Gasteiger partial charge on any atom is 0.237 e. The third-order valence-corrected chi connectivity index (χ3v) is 4.78. The van der Waals surface area contributed by atoms with Crippen LogP contribution >= 0.6 is 0 Å². The summed E-state index contributed by atoms with van der Waals surface area (Å²) in [4.78, 5) is 14.4. The van der Waals surface area contributed by atoms with Crippen molar-refractivity contribution in [3.05, 3.63) is 0 Å². The molecule has 1 aliphatic heterocycles. The van der Waals surface area contributed by atoms with Crippen molar-refractivity contribution in [1.29, 1.82) is 0 Å². The molecule has 2 aliphatic rings. The molecule has 1 saturated heterocycles. The number of piperazine rings is 1. The molecule has 0 aromatic carbocycles. The molecule has 0 bridgehead atoms. The van der Waals surface area contributed by atoms with E-state index in [9.17, 15) is 4.79 Å². The number of nitrogens with one attached hydrogen (secondary N) is 2. The van der Waals surface area contributed by atoms with Gasteiger partial charge in [0.25, 0.3) is 0 Å². The average molecular weight is 267 g/mol. The summed E-state index contributed by atoms with van der Waals surface area (Å²) in [5, 5.41) is 6.49. The zero-order chi connectivity index (χ0) is 13.7. The minimum Gasteiger partial charge on any atom is -0.354 e. The zero-order valence-corrected chi connectivity index (χ0v) is 12.5. The van der Waals surface area contributed by atoms with Gasteiger partial charge in [-0.25, -0.2) is 0 Å². The van der Waals surface area contributed by atoms with Crippen molar-refractivity contribution in [2.45, 2.75) is 45.6 Å². The van der Waals surface area contributed by atoms with Crippen LogP contribution in [0.1, 0.15) is 39.5 Å². The van der Waals surface area contributed by atoms with Gasteiger partial charge in [0.1, 0.15) is 0 Å². The van der Waals surface area contributed by atoms with E-state index in [-0.39, 0.29) is 11.9 Å². The molecule has 110 valence electrons. The summed E-state index contributed by atoms with van der Waals surface area (Å²) in [7, 11) is 0. The Labute approximate surface area is 117 Å². The first-order valence-electron chi connectivity index (χ1n) is 7.89. The molecule has 0 aromatic heterocycles. The van der Waals surface area contributed by atoms with E-state index in [1.165, 1.54) is 25.7 Å². The van der Waals surface area contributed by atoms with Crippen LogP contribution in [0.2, 0.25) is 0 Å². The van der Waals surface area contributed by atoms with Crippen molar-refractivity contribution < 1.29 is 4.79 Å². The van der Waals surface area contributed by atoms with Gasteiger partial charge in [0.05, 0.1) is 6.04 Å². The summed E-state index contributed by atoms with van der Waals surface area (Å²) in [6, 6.07) is 0.0182. The Kier molecular flexibility index (Phi) is 5.64. The summed E-state index contributed by atoms with van der Waals surface area (Å²) in [5.74, 6) is 1.79. The Bertz CT molecular complexity index is 281. The molecule has 2 rings (SSSR count). The van der Waals surface area contributed by atoms with Gasteiger partial charge in [0, 0.05) is 32.7 Å². The SMILES string of the molecule is CC1CCC(CNC(=O)C(C)N2CCNCC2)CC1. The molecule has 4 nitrogen and oxygen atoms in total. The lowest BCUT2D eigenvalue weighted by atomic mass is 9.83. The zero-order valence-electron chi connectivity index (χ0n) is 12.5. The summed E-state index contributed by atoms with van der Waals surface area (Å²) in [6.45, 7) is 9.20. The van der Waals surface area contributed by atoms with Crippen LogP contribution in [0.4, 0.5) is 0 Å². The van der Waals surface area contributed by atoms with Gasteiger partial charge in [-0.2, -0.15) is 0 Å². The van der Waals surface area contributed by atoms with Crippen LogP contribution in [0.3, 0.4) is 0 Å². The standard InChI is InChI=1S/C15H29N3O/c1-12-3-5-14(6-4-12)11-17-15(19)13(2)18-9-7-16-8-10-18/h12-14,16H,3-11H2,1-2H3,(H,17,19). The van der Waals surface area contributed by atoms with E-state index in [4.69, 9.17) is 0 Å². The Morgan fingerprint density at radius 2 is 1.89 bits per heavy atom. The lowest BCUT2D eigenvalue weighted by molar-refractivity contribution is -0.126. The van der Waals surface area contributed by atoms with Crippen LogP contribution < -0.4 is 10.6 Å². The number of hydrogen-bond donors (Lipinski definition) is 2. The smallest absolute Gasteiger partial charge is 0.237 e. The van der Waals surface area contributed by atoms with E-state index in [1.807, 2.05) is 6.92 Å². The summed E-state index contributed by atoms with van der Waals surface area (Å²) in [6.07, 6.45) is 5.22. The van der Waals surface area contributed by atoms with Crippen LogP contribution in [0.5, 0.6) is 0 Å². The third kappa shape index (κ3) is 4.46. The first kappa shape index (κ1) is 14.8. The minimum absolute atomic E-state index is 0.0182. The number of nitrogens with zero attached hydrogens (tertiary/aromatic N) is 1. The van der Waals surface area contributed by atoms with Gasteiger partial charge in [0.15, 0.2) is 0 Å². The maximum atomic E-state index is 12.2. The van der Waals surface area contributed by atoms with E-state index in [0.717, 1.165) is 38.6 Å². The Morgan fingerprint density at radius 1 is 1.26 bits per heavy atom. The van der Waals surface area contributed by atoms with Crippen LogP contribution in [-0.2, 0) is 4.79 Å². The van der Waals surface area contributed by atoms with Gasteiger partial charge in [0.2, 0.25) is 5.91 Å². The van der Waals surface area contributed by atoms with E-state index < -0.39 is 0 Å². The molecule has 2 N–H and O–H groups in total. The molecule has 2 fully saturated rings. The minimum atomic E-state index is 0.0182. The summed E-state index contributed by atoms with van der Waals surface area (Å²) in [5.41, 5.74) is 0. The quantitative estimate of drug-likeness (QED) is 0.805. The highest BCUT2D eigenvalue weighted by molar-refractivity contribution is 5.81. The fraction of sp³-hybridized carbons (Fsp3) is 0.933. The van der Waals surface area contributed by atoms with Crippen molar-refractivity contribution in [2.24, 2.45) is 11.8 Å². The molecule has 0 radical (unpaired) electrons. The Morgan fingerprint density at radius 3 is 2.53 bits per heavy atom. The topological polar surface area (TPSA) is 44.4 Å². The van der Waals surface area contributed by atoms with Crippen LogP contribution in [0, 0.1) is 11.8 Å². The van der Waals surface area contributed by atoms with E-state index in [2.05, 4.69) is 22.5 Å². The van der Waals surface area contributed by atoms with Crippen molar-refractivity contribution >= 4 is 5.91 Å². The molecule has 1 unspecified atom stereocenters. The normalized spacial score (nSPS) is 30.8. The Balaban J connectivity index is 1.68.